The summed E-state index contributed by atoms with van der Waals surface area (Å²) in [7, 11) is 7.96. The molecular formula is C26H25N5O5. The average molecular weight is 488 g/mol. The van der Waals surface area contributed by atoms with Crippen LogP contribution in [0.3, 0.4) is 0 Å². The topological polar surface area (TPSA) is 103 Å². The van der Waals surface area contributed by atoms with Gasteiger partial charge in [0.2, 0.25) is 11.8 Å². The van der Waals surface area contributed by atoms with Crippen LogP contribution in [-0.2, 0) is 18.4 Å². The number of fused-ring (bicyclic) bond motifs is 3. The third kappa shape index (κ3) is 3.72. The predicted octanol–water partition coefficient (Wildman–Crippen LogP) is 3.51. The van der Waals surface area contributed by atoms with E-state index >= 15 is 0 Å². The van der Waals surface area contributed by atoms with Gasteiger partial charge in [-0.15, -0.1) is 0 Å². The fourth-order valence-electron chi connectivity index (χ4n) is 4.30. The molecule has 0 atom stereocenters. The van der Waals surface area contributed by atoms with E-state index in [2.05, 4.69) is 15.0 Å². The number of imidazole rings is 1. The maximum Gasteiger partial charge on any atom is 0.333 e. The third-order valence-electron chi connectivity index (χ3n) is 6.11. The Morgan fingerprint density at radius 2 is 1.72 bits per heavy atom. The number of pyridine rings is 3. The number of nitrogens with zero attached hydrogens (tertiary/aromatic N) is 5. The third-order valence-corrected chi connectivity index (χ3v) is 6.11. The van der Waals surface area contributed by atoms with E-state index in [-0.39, 0.29) is 11.6 Å². The van der Waals surface area contributed by atoms with Gasteiger partial charge in [-0.05, 0) is 29.8 Å². The molecule has 0 fully saturated rings. The number of methoxy groups -OCH3 is 4. The van der Waals surface area contributed by atoms with E-state index in [0.29, 0.717) is 40.7 Å². The normalized spacial score (nSPS) is 11.2. The Kier molecular flexibility index (Phi) is 6.03. The number of hydrogen-bond donors (Lipinski definition) is 0. The smallest absolute Gasteiger partial charge is 0.333 e. The molecule has 0 radical (unpaired) electrons. The quantitative estimate of drug-likeness (QED) is 0.344. The van der Waals surface area contributed by atoms with Gasteiger partial charge in [0.15, 0.2) is 0 Å². The minimum atomic E-state index is -0.248. The SMILES string of the molecule is COCc1ncc(-c2ccc3ncc4c(c3c2)n(-c2ccc(OC)nc2OC)c(=O)n4C)cc1OC. The molecule has 4 heterocycles. The van der Waals surface area contributed by atoms with Crippen molar-refractivity contribution in [1.29, 1.82) is 0 Å². The highest BCUT2D eigenvalue weighted by Gasteiger charge is 2.20. The fourth-order valence-corrected chi connectivity index (χ4v) is 4.30. The van der Waals surface area contributed by atoms with Crippen LogP contribution in [0.4, 0.5) is 0 Å². The summed E-state index contributed by atoms with van der Waals surface area (Å²) in [5.74, 6) is 1.29. The number of ether oxygens (including phenoxy) is 4. The predicted molar refractivity (Wildman–Crippen MR) is 135 cm³/mol. The van der Waals surface area contributed by atoms with E-state index in [1.54, 1.807) is 54.9 Å². The second-order valence-corrected chi connectivity index (χ2v) is 8.09. The van der Waals surface area contributed by atoms with Crippen molar-refractivity contribution < 1.29 is 18.9 Å². The first kappa shape index (κ1) is 23.3. The second-order valence-electron chi connectivity index (χ2n) is 8.09. The molecule has 0 aliphatic rings. The molecule has 0 saturated carbocycles. The first-order valence-corrected chi connectivity index (χ1v) is 11.1. The molecule has 0 spiro atoms. The molecule has 10 heteroatoms. The zero-order valence-corrected chi connectivity index (χ0v) is 20.6. The van der Waals surface area contributed by atoms with Gasteiger partial charge < -0.3 is 18.9 Å². The molecule has 5 aromatic rings. The fraction of sp³-hybridized carbons (Fsp3) is 0.231. The Hall–Kier alpha value is -4.44. The summed E-state index contributed by atoms with van der Waals surface area (Å²) in [4.78, 5) is 26.9. The minimum Gasteiger partial charge on any atom is -0.495 e. The summed E-state index contributed by atoms with van der Waals surface area (Å²) in [6.45, 7) is 0.347. The Labute approximate surface area is 206 Å². The molecule has 36 heavy (non-hydrogen) atoms. The van der Waals surface area contributed by atoms with Crippen molar-refractivity contribution >= 4 is 21.9 Å². The molecule has 0 bridgehead atoms. The highest BCUT2D eigenvalue weighted by Crippen LogP contribution is 2.33. The number of hydrogen-bond acceptors (Lipinski definition) is 8. The Morgan fingerprint density at radius 1 is 0.889 bits per heavy atom. The van der Waals surface area contributed by atoms with Gasteiger partial charge in [0, 0.05) is 37.4 Å². The molecule has 0 N–H and O–H groups in total. The Bertz CT molecular complexity index is 1660. The van der Waals surface area contributed by atoms with Crippen LogP contribution in [0.15, 0.2) is 53.6 Å². The van der Waals surface area contributed by atoms with Gasteiger partial charge in [-0.3, -0.25) is 19.1 Å². The number of benzene rings is 1. The van der Waals surface area contributed by atoms with Crippen molar-refractivity contribution in [2.24, 2.45) is 7.05 Å². The van der Waals surface area contributed by atoms with Gasteiger partial charge in [-0.2, -0.15) is 4.98 Å². The monoisotopic (exact) mass is 487 g/mol. The van der Waals surface area contributed by atoms with Crippen molar-refractivity contribution in [2.45, 2.75) is 6.61 Å². The molecule has 1 aromatic carbocycles. The van der Waals surface area contributed by atoms with E-state index in [9.17, 15) is 4.79 Å². The molecule has 5 rings (SSSR count). The van der Waals surface area contributed by atoms with Crippen molar-refractivity contribution in [1.82, 2.24) is 24.1 Å². The van der Waals surface area contributed by atoms with E-state index < -0.39 is 0 Å². The van der Waals surface area contributed by atoms with Gasteiger partial charge in [-0.1, -0.05) is 6.07 Å². The summed E-state index contributed by atoms with van der Waals surface area (Å²) >= 11 is 0. The van der Waals surface area contributed by atoms with E-state index in [0.717, 1.165) is 22.0 Å². The lowest BCUT2D eigenvalue weighted by Crippen LogP contribution is -2.21. The largest absolute Gasteiger partial charge is 0.495 e. The summed E-state index contributed by atoms with van der Waals surface area (Å²) in [5, 5.41) is 0.792. The molecule has 0 unspecified atom stereocenters. The lowest BCUT2D eigenvalue weighted by atomic mass is 10.0. The van der Waals surface area contributed by atoms with Crippen LogP contribution < -0.4 is 19.9 Å². The summed E-state index contributed by atoms with van der Waals surface area (Å²) in [6.07, 6.45) is 3.48. The Balaban J connectivity index is 1.79. The lowest BCUT2D eigenvalue weighted by molar-refractivity contribution is 0.178. The number of aromatic nitrogens is 5. The zero-order chi connectivity index (χ0) is 25.4. The summed E-state index contributed by atoms with van der Waals surface area (Å²) in [5.41, 5.74) is 4.82. The maximum absolute atomic E-state index is 13.4. The first-order valence-electron chi connectivity index (χ1n) is 11.1. The van der Waals surface area contributed by atoms with Gasteiger partial charge in [0.05, 0.1) is 50.7 Å². The van der Waals surface area contributed by atoms with Crippen molar-refractivity contribution in [3.05, 3.63) is 65.0 Å². The van der Waals surface area contributed by atoms with E-state index in [4.69, 9.17) is 18.9 Å². The van der Waals surface area contributed by atoms with E-state index in [1.165, 1.54) is 14.2 Å². The zero-order valence-electron chi connectivity index (χ0n) is 20.6. The van der Waals surface area contributed by atoms with Gasteiger partial charge in [0.25, 0.3) is 0 Å². The van der Waals surface area contributed by atoms with Crippen LogP contribution in [-0.4, -0.2) is 52.5 Å². The van der Waals surface area contributed by atoms with Crippen LogP contribution in [0.5, 0.6) is 17.5 Å². The first-order chi connectivity index (χ1) is 17.5. The highest BCUT2D eigenvalue weighted by molar-refractivity contribution is 6.04. The molecule has 0 aliphatic heterocycles. The summed E-state index contributed by atoms with van der Waals surface area (Å²) < 4.78 is 24.6. The molecule has 184 valence electrons. The van der Waals surface area contributed by atoms with Crippen molar-refractivity contribution in [3.8, 4) is 34.3 Å². The van der Waals surface area contributed by atoms with Gasteiger partial charge >= 0.3 is 5.69 Å². The molecule has 0 saturated heterocycles. The van der Waals surface area contributed by atoms with Crippen LogP contribution in [0.2, 0.25) is 0 Å². The molecule has 0 aliphatic carbocycles. The number of rotatable bonds is 7. The van der Waals surface area contributed by atoms with E-state index in [1.807, 2.05) is 24.3 Å². The summed E-state index contributed by atoms with van der Waals surface area (Å²) in [6, 6.07) is 11.3. The van der Waals surface area contributed by atoms with Crippen LogP contribution in [0.1, 0.15) is 5.69 Å². The lowest BCUT2D eigenvalue weighted by Gasteiger charge is -2.12. The molecule has 10 nitrogen and oxygen atoms in total. The van der Waals surface area contributed by atoms with Crippen LogP contribution in [0.25, 0.3) is 38.8 Å². The second kappa shape index (κ2) is 9.31. The highest BCUT2D eigenvalue weighted by atomic mass is 16.5. The number of aryl methyl sites for hydroxylation is 1. The van der Waals surface area contributed by atoms with Crippen LogP contribution >= 0.6 is 0 Å². The van der Waals surface area contributed by atoms with Gasteiger partial charge in [0.1, 0.15) is 17.1 Å². The maximum atomic E-state index is 13.4. The molecular weight excluding hydrogens is 462 g/mol. The van der Waals surface area contributed by atoms with Crippen molar-refractivity contribution in [2.75, 3.05) is 28.4 Å². The molecule has 0 amide bonds. The Morgan fingerprint density at radius 3 is 2.44 bits per heavy atom. The van der Waals surface area contributed by atoms with Gasteiger partial charge in [-0.25, -0.2) is 4.79 Å². The minimum absolute atomic E-state index is 0.248. The van der Waals surface area contributed by atoms with Crippen LogP contribution in [0, 0.1) is 0 Å². The average Bonchev–Trinajstić information content (AvgIpc) is 3.18. The standard InChI is InChI=1S/C26H25N5O5/c1-30-21-13-28-18-7-6-15(16-11-22(34-3)19(14-33-2)27-12-16)10-17(18)24(21)31(26(30)32)20-8-9-23(35-4)29-25(20)36-5/h6-13H,14H2,1-5H3. The molecule has 4 aromatic heterocycles. The van der Waals surface area contributed by atoms with Crippen molar-refractivity contribution in [3.63, 3.8) is 0 Å².